The van der Waals surface area contributed by atoms with Gasteiger partial charge in [0.25, 0.3) is 15.6 Å². The van der Waals surface area contributed by atoms with Gasteiger partial charge in [0, 0.05) is 37.1 Å². The minimum Gasteiger partial charge on any atom is -0.790 e. The molecule has 25 nitrogen and oxygen atoms in total. The largest absolute Gasteiger partial charge is 0.790 e. The Morgan fingerprint density at radius 2 is 1.69 bits per heavy atom. The predicted octanol–water partition coefficient (Wildman–Crippen LogP) is -0.207. The van der Waals surface area contributed by atoms with Gasteiger partial charge in [-0.1, -0.05) is 76.8 Å². The smallest absolute Gasteiger partial charge is 0.274 e. The van der Waals surface area contributed by atoms with Crippen molar-refractivity contribution in [1.82, 2.24) is 30.2 Å². The fraction of sp³-hybridized carbons (Fsp3) is 0.686. The number of nitrogens with one attached hydrogen (secondary N) is 2. The van der Waals surface area contributed by atoms with Crippen LogP contribution in [0.3, 0.4) is 0 Å². The second-order valence-corrected chi connectivity index (χ2v) is 20.4. The van der Waals surface area contributed by atoms with E-state index in [0.29, 0.717) is 0 Å². The maximum atomic E-state index is 12.6. The maximum Gasteiger partial charge on any atom is 0.274 e. The molecule has 2 aromatic heterocycles. The highest BCUT2D eigenvalue weighted by molar-refractivity contribution is 8.13. The number of nitrogen functional groups attached to an aromatic ring is 1. The number of Topliss-reactive ketones (excluding diaryl/α,β-unsaturated/α-hetero) is 1. The second-order valence-electron chi connectivity index (χ2n) is 15.2. The van der Waals surface area contributed by atoms with E-state index >= 15 is 0 Å². The van der Waals surface area contributed by atoms with Crippen LogP contribution in [0.1, 0.15) is 91.2 Å². The molecule has 2 aromatic rings. The molecule has 7 atom stereocenters. The Kier molecular flexibility index (Phi) is 22.3. The number of carbonyl (C=O) groups excluding carboxylic acids is 4. The van der Waals surface area contributed by atoms with Gasteiger partial charge in [-0.15, -0.1) is 0 Å². The summed E-state index contributed by atoms with van der Waals surface area (Å²) < 4.78 is 60.7. The van der Waals surface area contributed by atoms with Crippen molar-refractivity contribution < 1.29 is 85.3 Å². The number of allylic oxidation sites excluding steroid dienone is 2. The highest BCUT2D eigenvalue weighted by Gasteiger charge is 2.47. The third kappa shape index (κ3) is 19.1. The molecule has 1 aliphatic heterocycles. The van der Waals surface area contributed by atoms with Gasteiger partial charge in [0.2, 0.25) is 11.8 Å². The molecule has 3 rings (SSSR count). The fourth-order valence-electron chi connectivity index (χ4n) is 5.93. The number of nitrogens with two attached hydrogens (primary N) is 1. The van der Waals surface area contributed by atoms with E-state index < -0.39 is 84.6 Å². The first kappa shape index (κ1) is 55.3. The standard InChI is InChI=1S/C35H58N7O18P3S/c1-4-5-6-7-8-9-10-11-12-13-23(43)18-26(45)64-17-16-37-25(44)14-15-38-33(48)30(47)35(2,3)20-57-63(54,55)60-62(52,53)56-19-24-29(59-61(49,50)51)28(46)34(58-24)42-22-41-27-31(36)39-21-40-32(27)42/h11-12,21-22,24,28-30,34,46-47H,4-10,13-20H2,1-3H3,(H,37,44)(H,38,48)(H,52,53)(H,54,55)(H2,36,39,40)(H2,49,50,51)/p-4/b12-11-/t24-,28-,29-,30+,34-/m1/s1. The molecule has 6 N–H and O–H groups in total. The SMILES string of the molecule is CCCCCCCC/C=C\CC(=O)CC(=O)SCCNC(=O)CCNC(=O)[C@H](O)C(C)(C)COP(=O)([O-])OP(=O)([O-])OC[C@H]1O[C@@H](n2cnc3c(N)ncnc32)[C@H](O)[C@@H]1OP(=O)([O-])[O-]. The van der Waals surface area contributed by atoms with Crippen LogP contribution in [0.2, 0.25) is 0 Å². The maximum absolute atomic E-state index is 12.6. The first-order valence-electron chi connectivity index (χ1n) is 20.1. The quantitative estimate of drug-likeness (QED) is 0.0293. The lowest BCUT2D eigenvalue weighted by atomic mass is 9.87. The number of fused-ring (bicyclic) bond motifs is 1. The van der Waals surface area contributed by atoms with Crippen LogP contribution in [0.5, 0.6) is 0 Å². The van der Waals surface area contributed by atoms with Crippen molar-refractivity contribution in [3.8, 4) is 0 Å². The molecule has 0 saturated carbocycles. The number of anilines is 1. The molecule has 362 valence electrons. The summed E-state index contributed by atoms with van der Waals surface area (Å²) in [4.78, 5) is 109. The number of carbonyl (C=O) groups is 4. The fourth-order valence-corrected chi connectivity index (χ4v) is 9.36. The van der Waals surface area contributed by atoms with E-state index in [4.69, 9.17) is 10.5 Å². The van der Waals surface area contributed by atoms with E-state index in [1.807, 2.05) is 6.08 Å². The number of aliphatic hydroxyl groups is 2. The number of nitrogens with zero attached hydrogens (tertiary/aromatic N) is 4. The number of hydrogen-bond donors (Lipinski definition) is 5. The van der Waals surface area contributed by atoms with Crippen LogP contribution in [0, 0.1) is 5.41 Å². The van der Waals surface area contributed by atoms with Gasteiger partial charge in [0.1, 0.15) is 42.0 Å². The Morgan fingerprint density at radius 3 is 2.39 bits per heavy atom. The van der Waals surface area contributed by atoms with Crippen LogP contribution in [-0.2, 0) is 55.5 Å². The van der Waals surface area contributed by atoms with Crippen molar-refractivity contribution in [1.29, 1.82) is 0 Å². The second kappa shape index (κ2) is 25.8. The lowest BCUT2D eigenvalue weighted by Crippen LogP contribution is -2.46. The number of phosphoric ester groups is 3. The van der Waals surface area contributed by atoms with Crippen LogP contribution in [0.15, 0.2) is 24.8 Å². The predicted molar refractivity (Wildman–Crippen MR) is 220 cm³/mol. The minimum absolute atomic E-state index is 0.0271. The molecule has 2 unspecified atom stereocenters. The third-order valence-corrected chi connectivity index (χ3v) is 13.2. The zero-order chi connectivity index (χ0) is 47.7. The Bertz CT molecular complexity index is 2060. The van der Waals surface area contributed by atoms with Crippen molar-refractivity contribution in [2.24, 2.45) is 5.41 Å². The molecule has 64 heavy (non-hydrogen) atoms. The number of phosphoric acid groups is 3. The van der Waals surface area contributed by atoms with E-state index in [2.05, 4.69) is 50.4 Å². The van der Waals surface area contributed by atoms with Gasteiger partial charge in [0.05, 0.1) is 33.8 Å². The van der Waals surface area contributed by atoms with Crippen molar-refractivity contribution in [3.63, 3.8) is 0 Å². The average Bonchev–Trinajstić information content (AvgIpc) is 3.76. The number of ether oxygens (including phenoxy) is 1. The Hall–Kier alpha value is -3.03. The van der Waals surface area contributed by atoms with Crippen molar-refractivity contribution >= 4 is 74.9 Å². The number of ketones is 1. The number of hydrogen-bond acceptors (Lipinski definition) is 23. The molecular weight excluding hydrogens is 931 g/mol. The molecule has 3 heterocycles. The van der Waals surface area contributed by atoms with Crippen molar-refractivity contribution in [2.75, 3.05) is 37.8 Å². The first-order chi connectivity index (χ1) is 29.9. The number of aromatic nitrogens is 4. The monoisotopic (exact) mass is 985 g/mol. The van der Waals surface area contributed by atoms with Gasteiger partial charge in [0.15, 0.2) is 22.8 Å². The topological polar surface area (TPSA) is 392 Å². The number of aliphatic hydroxyl groups excluding tert-OH is 2. The van der Waals surface area contributed by atoms with Gasteiger partial charge < -0.3 is 69.0 Å². The van der Waals surface area contributed by atoms with E-state index in [1.165, 1.54) is 39.5 Å². The summed E-state index contributed by atoms with van der Waals surface area (Å²) in [5.41, 5.74) is 4.04. The lowest BCUT2D eigenvalue weighted by Gasteiger charge is -2.36. The summed E-state index contributed by atoms with van der Waals surface area (Å²) in [6, 6.07) is 0. The lowest BCUT2D eigenvalue weighted by molar-refractivity contribution is -0.347. The molecule has 0 aliphatic carbocycles. The van der Waals surface area contributed by atoms with Crippen LogP contribution in [0.25, 0.3) is 11.2 Å². The summed E-state index contributed by atoms with van der Waals surface area (Å²) in [5, 5.41) is 25.9. The van der Waals surface area contributed by atoms with Gasteiger partial charge in [-0.05, 0) is 12.8 Å². The molecule has 2 amide bonds. The third-order valence-electron chi connectivity index (χ3n) is 9.32. The van der Waals surface area contributed by atoms with E-state index in [0.717, 1.165) is 48.2 Å². The summed E-state index contributed by atoms with van der Waals surface area (Å²) in [6.45, 7) is 2.07. The van der Waals surface area contributed by atoms with Crippen molar-refractivity contribution in [3.05, 3.63) is 24.8 Å². The van der Waals surface area contributed by atoms with Crippen LogP contribution < -0.4 is 35.9 Å². The summed E-state index contributed by atoms with van der Waals surface area (Å²) >= 11 is 0.899. The number of unbranched alkanes of at least 4 members (excludes halogenated alkanes) is 6. The Morgan fingerprint density at radius 1 is 1.00 bits per heavy atom. The normalized spacial score (nSPS) is 20.5. The molecule has 0 aromatic carbocycles. The molecule has 1 saturated heterocycles. The van der Waals surface area contributed by atoms with Gasteiger partial charge >= 0.3 is 0 Å². The number of rotatable bonds is 30. The Labute approximate surface area is 373 Å². The number of thioether (sulfide) groups is 1. The van der Waals surface area contributed by atoms with Gasteiger partial charge in [-0.2, -0.15) is 0 Å². The van der Waals surface area contributed by atoms with E-state index in [9.17, 15) is 62.7 Å². The van der Waals surface area contributed by atoms with Crippen molar-refractivity contribution in [2.45, 2.75) is 116 Å². The molecule has 29 heteroatoms. The van der Waals surface area contributed by atoms with Gasteiger partial charge in [-0.25, -0.2) is 19.3 Å². The minimum atomic E-state index is -5.93. The summed E-state index contributed by atoms with van der Waals surface area (Å²) in [6.07, 6.45) is 3.92. The average molecular weight is 986 g/mol. The summed E-state index contributed by atoms with van der Waals surface area (Å²) in [7, 11) is -17.6. The van der Waals surface area contributed by atoms with E-state index in [-0.39, 0.29) is 66.0 Å². The summed E-state index contributed by atoms with van der Waals surface area (Å²) in [5.74, 6) is -1.63. The molecular formula is C35H54N7O18P3S-4. The molecule has 1 fully saturated rings. The number of imidazole rings is 1. The van der Waals surface area contributed by atoms with Crippen LogP contribution >= 0.6 is 35.2 Å². The highest BCUT2D eigenvalue weighted by atomic mass is 32.2. The van der Waals surface area contributed by atoms with Crippen LogP contribution in [0.4, 0.5) is 5.82 Å². The molecule has 0 spiro atoms. The molecule has 1 aliphatic rings. The van der Waals surface area contributed by atoms with Gasteiger partial charge in [-0.3, -0.25) is 32.9 Å². The molecule has 0 radical (unpaired) electrons. The zero-order valence-electron chi connectivity index (χ0n) is 35.3. The molecule has 0 bridgehead atoms. The van der Waals surface area contributed by atoms with E-state index in [1.54, 1.807) is 6.08 Å². The first-order valence-corrected chi connectivity index (χ1v) is 25.5. The zero-order valence-corrected chi connectivity index (χ0v) is 38.8. The number of amides is 2. The van der Waals surface area contributed by atoms with Crippen LogP contribution in [-0.4, -0.2) is 109 Å². The Balaban J connectivity index is 1.37. The highest BCUT2D eigenvalue weighted by Crippen LogP contribution is 2.56.